The van der Waals surface area contributed by atoms with E-state index in [1.54, 1.807) is 0 Å². The molecule has 21 heavy (non-hydrogen) atoms. The van der Waals surface area contributed by atoms with Crippen LogP contribution in [-0.2, 0) is 9.59 Å². The van der Waals surface area contributed by atoms with E-state index in [0.29, 0.717) is 17.9 Å². The van der Waals surface area contributed by atoms with Gasteiger partial charge in [0.1, 0.15) is 5.41 Å². The van der Waals surface area contributed by atoms with Crippen LogP contribution >= 0.6 is 11.6 Å². The summed E-state index contributed by atoms with van der Waals surface area (Å²) in [6.07, 6.45) is 3.85. The maximum atomic E-state index is 12.2. The number of carboxylic acid groups (broad SMARTS) is 1. The molecule has 0 spiro atoms. The van der Waals surface area contributed by atoms with Crippen LogP contribution in [-0.4, -0.2) is 23.0 Å². The molecule has 2 aliphatic rings. The average molecular weight is 308 g/mol. The molecule has 1 aromatic carbocycles. The Morgan fingerprint density at radius 2 is 1.86 bits per heavy atom. The van der Waals surface area contributed by atoms with Crippen molar-refractivity contribution < 1.29 is 14.7 Å². The number of aliphatic carboxylic acids is 1. The van der Waals surface area contributed by atoms with Crippen molar-refractivity contribution in [3.8, 4) is 0 Å². The lowest BCUT2D eigenvalue weighted by Gasteiger charge is -2.23. The van der Waals surface area contributed by atoms with Crippen LogP contribution in [0.15, 0.2) is 24.3 Å². The molecule has 2 unspecified atom stereocenters. The van der Waals surface area contributed by atoms with Crippen molar-refractivity contribution in [1.82, 2.24) is 5.32 Å². The third-order valence-corrected chi connectivity index (χ3v) is 4.98. The lowest BCUT2D eigenvalue weighted by atomic mass is 9.93. The van der Waals surface area contributed by atoms with E-state index in [1.165, 1.54) is 0 Å². The Bertz CT molecular complexity index is 565. The van der Waals surface area contributed by atoms with E-state index >= 15 is 0 Å². The molecular weight excluding hydrogens is 290 g/mol. The third kappa shape index (κ3) is 2.64. The summed E-state index contributed by atoms with van der Waals surface area (Å²) in [5, 5.41) is 12.9. The van der Waals surface area contributed by atoms with Crippen molar-refractivity contribution in [2.45, 2.75) is 44.1 Å². The van der Waals surface area contributed by atoms with Gasteiger partial charge in [-0.05, 0) is 43.4 Å². The highest BCUT2D eigenvalue weighted by atomic mass is 35.5. The number of carboxylic acids is 1. The number of rotatable bonds is 4. The first-order valence-electron chi connectivity index (χ1n) is 7.33. The zero-order valence-electron chi connectivity index (χ0n) is 11.6. The van der Waals surface area contributed by atoms with Gasteiger partial charge in [-0.2, -0.15) is 0 Å². The zero-order chi connectivity index (χ0) is 15.0. The fraction of sp³-hybridized carbons (Fsp3) is 0.500. The highest BCUT2D eigenvalue weighted by Gasteiger charge is 2.57. The van der Waals surface area contributed by atoms with Crippen molar-refractivity contribution in [3.63, 3.8) is 0 Å². The van der Waals surface area contributed by atoms with Crippen LogP contribution < -0.4 is 5.32 Å². The molecule has 5 heteroatoms. The van der Waals surface area contributed by atoms with Gasteiger partial charge in [-0.25, -0.2) is 0 Å². The average Bonchev–Trinajstić information content (AvgIpc) is 3.16. The number of hydrogen-bond acceptors (Lipinski definition) is 2. The molecule has 0 radical (unpaired) electrons. The van der Waals surface area contributed by atoms with Crippen LogP contribution in [0.2, 0.25) is 5.02 Å². The summed E-state index contributed by atoms with van der Waals surface area (Å²) < 4.78 is 0. The Morgan fingerprint density at radius 3 is 2.43 bits per heavy atom. The van der Waals surface area contributed by atoms with Gasteiger partial charge in [-0.15, -0.1) is 0 Å². The van der Waals surface area contributed by atoms with Gasteiger partial charge in [-0.3, -0.25) is 9.59 Å². The molecule has 1 amide bonds. The molecule has 2 N–H and O–H groups in total. The minimum absolute atomic E-state index is 0.0236. The molecule has 4 nitrogen and oxygen atoms in total. The third-order valence-electron chi connectivity index (χ3n) is 4.72. The van der Waals surface area contributed by atoms with E-state index in [4.69, 9.17) is 11.6 Å². The summed E-state index contributed by atoms with van der Waals surface area (Å²) in [6, 6.07) is 7.71. The quantitative estimate of drug-likeness (QED) is 0.840. The van der Waals surface area contributed by atoms with Gasteiger partial charge in [-0.1, -0.05) is 30.2 Å². The van der Waals surface area contributed by atoms with Crippen LogP contribution in [0, 0.1) is 5.41 Å². The Kier molecular flexibility index (Phi) is 3.66. The number of nitrogens with one attached hydrogen (secondary N) is 1. The van der Waals surface area contributed by atoms with Crippen LogP contribution in [0.25, 0.3) is 0 Å². The van der Waals surface area contributed by atoms with E-state index in [0.717, 1.165) is 24.8 Å². The number of carbonyl (C=O) groups excluding carboxylic acids is 1. The Labute approximate surface area is 128 Å². The standard InChI is InChI=1S/C16H18ClNO3/c17-11-6-4-10(5-7-11)12-2-1-3-13(12)18-14(19)16(8-9-16)15(20)21/h4-7,12-13H,1-3,8-9H2,(H,18,19)(H,20,21). The van der Waals surface area contributed by atoms with Crippen LogP contribution in [0.5, 0.6) is 0 Å². The summed E-state index contributed by atoms with van der Waals surface area (Å²) in [4.78, 5) is 23.5. The molecule has 0 bridgehead atoms. The Hall–Kier alpha value is -1.55. The molecule has 0 aromatic heterocycles. The van der Waals surface area contributed by atoms with Crippen LogP contribution in [0.1, 0.15) is 43.6 Å². The molecule has 0 saturated heterocycles. The summed E-state index contributed by atoms with van der Waals surface area (Å²) in [7, 11) is 0. The minimum atomic E-state index is -1.16. The summed E-state index contributed by atoms with van der Waals surface area (Å²) in [5.74, 6) is -1.07. The first-order chi connectivity index (χ1) is 10.0. The van der Waals surface area contributed by atoms with Gasteiger partial charge in [0.2, 0.25) is 5.91 Å². The van der Waals surface area contributed by atoms with Crippen LogP contribution in [0.4, 0.5) is 0 Å². The van der Waals surface area contributed by atoms with Crippen molar-refractivity contribution in [3.05, 3.63) is 34.9 Å². The van der Waals surface area contributed by atoms with E-state index in [1.807, 2.05) is 24.3 Å². The van der Waals surface area contributed by atoms with E-state index in [2.05, 4.69) is 5.32 Å². The van der Waals surface area contributed by atoms with Crippen molar-refractivity contribution in [2.75, 3.05) is 0 Å². The van der Waals surface area contributed by atoms with Gasteiger partial charge in [0.15, 0.2) is 0 Å². The van der Waals surface area contributed by atoms with E-state index in [9.17, 15) is 14.7 Å². The highest BCUT2D eigenvalue weighted by molar-refractivity contribution is 6.30. The smallest absolute Gasteiger partial charge is 0.319 e. The van der Waals surface area contributed by atoms with E-state index in [-0.39, 0.29) is 17.9 Å². The monoisotopic (exact) mass is 307 g/mol. The van der Waals surface area contributed by atoms with Gasteiger partial charge in [0.05, 0.1) is 0 Å². The summed E-state index contributed by atoms with van der Waals surface area (Å²) >= 11 is 5.91. The normalized spacial score (nSPS) is 26.3. The fourth-order valence-electron chi connectivity index (χ4n) is 3.21. The van der Waals surface area contributed by atoms with Gasteiger partial charge in [0.25, 0.3) is 0 Å². The van der Waals surface area contributed by atoms with Crippen molar-refractivity contribution >= 4 is 23.5 Å². The second-order valence-corrected chi connectivity index (χ2v) is 6.49. The lowest BCUT2D eigenvalue weighted by Crippen LogP contribution is -2.43. The first-order valence-corrected chi connectivity index (χ1v) is 7.70. The van der Waals surface area contributed by atoms with Crippen LogP contribution in [0.3, 0.4) is 0 Å². The molecule has 3 rings (SSSR count). The Morgan fingerprint density at radius 1 is 1.19 bits per heavy atom. The van der Waals surface area contributed by atoms with Crippen molar-refractivity contribution in [2.24, 2.45) is 5.41 Å². The maximum Gasteiger partial charge on any atom is 0.319 e. The number of halogens is 1. The summed E-state index contributed by atoms with van der Waals surface area (Å²) in [6.45, 7) is 0. The molecule has 2 fully saturated rings. The maximum absolute atomic E-state index is 12.2. The molecule has 112 valence electrons. The first kappa shape index (κ1) is 14.4. The number of hydrogen-bond donors (Lipinski definition) is 2. The number of amides is 1. The van der Waals surface area contributed by atoms with E-state index < -0.39 is 11.4 Å². The predicted octanol–water partition coefficient (Wildman–Crippen LogP) is 2.96. The molecule has 0 aliphatic heterocycles. The molecule has 2 aliphatic carbocycles. The lowest BCUT2D eigenvalue weighted by molar-refractivity contribution is -0.149. The zero-order valence-corrected chi connectivity index (χ0v) is 12.4. The van der Waals surface area contributed by atoms with Gasteiger partial charge >= 0.3 is 5.97 Å². The van der Waals surface area contributed by atoms with Gasteiger partial charge in [0, 0.05) is 17.0 Å². The predicted molar refractivity (Wildman–Crippen MR) is 79.3 cm³/mol. The SMILES string of the molecule is O=C(O)C1(C(=O)NC2CCCC2c2ccc(Cl)cc2)CC1. The van der Waals surface area contributed by atoms with Crippen molar-refractivity contribution in [1.29, 1.82) is 0 Å². The second-order valence-electron chi connectivity index (χ2n) is 6.06. The minimum Gasteiger partial charge on any atom is -0.480 e. The molecule has 2 atom stereocenters. The summed E-state index contributed by atoms with van der Waals surface area (Å²) in [5.41, 5.74) is -0.00461. The highest BCUT2D eigenvalue weighted by Crippen LogP contribution is 2.47. The topological polar surface area (TPSA) is 66.4 Å². The molecule has 1 aromatic rings. The fourth-order valence-corrected chi connectivity index (χ4v) is 3.34. The Balaban J connectivity index is 1.71. The largest absolute Gasteiger partial charge is 0.480 e. The molecule has 2 saturated carbocycles. The number of carbonyl (C=O) groups is 2. The number of benzene rings is 1. The van der Waals surface area contributed by atoms with Gasteiger partial charge < -0.3 is 10.4 Å². The molecule has 0 heterocycles. The molecular formula is C16H18ClNO3. The second kappa shape index (κ2) is 5.34.